The van der Waals surface area contributed by atoms with E-state index in [1.165, 1.54) is 6.07 Å². The highest BCUT2D eigenvalue weighted by molar-refractivity contribution is 5.91. The number of aromatic nitrogens is 1. The van der Waals surface area contributed by atoms with E-state index < -0.39 is 36.5 Å². The number of pyridine rings is 1. The number of hydrogen-bond donors (Lipinski definition) is 5. The van der Waals surface area contributed by atoms with E-state index >= 15 is 0 Å². The molecule has 0 atom stereocenters. The lowest BCUT2D eigenvalue weighted by Crippen LogP contribution is -2.26. The van der Waals surface area contributed by atoms with Crippen LogP contribution >= 0.6 is 0 Å². The monoisotopic (exact) mass is 435 g/mol. The van der Waals surface area contributed by atoms with Gasteiger partial charge < -0.3 is 31.7 Å². The molecule has 14 heteroatoms. The molecule has 0 bridgehead atoms. The number of nitrogens with two attached hydrogens (primary N) is 2. The Kier molecular flexibility index (Phi) is 11.6. The van der Waals surface area contributed by atoms with Gasteiger partial charge in [-0.2, -0.15) is 18.2 Å². The van der Waals surface area contributed by atoms with E-state index in [4.69, 9.17) is 26.4 Å². The number of anilines is 1. The van der Waals surface area contributed by atoms with Gasteiger partial charge in [-0.05, 0) is 12.5 Å². The van der Waals surface area contributed by atoms with Gasteiger partial charge in [0.05, 0.1) is 6.61 Å². The molecule has 1 amide bonds. The predicted octanol–water partition coefficient (Wildman–Crippen LogP) is 0.727. The number of carbonyl (C=O) groups excluding carboxylic acids is 1. The highest BCUT2D eigenvalue weighted by atomic mass is 19.4. The molecule has 11 nitrogen and oxygen atoms in total. The van der Waals surface area contributed by atoms with Gasteiger partial charge in [-0.25, -0.2) is 14.6 Å². The van der Waals surface area contributed by atoms with E-state index in [1.54, 1.807) is 12.1 Å². The van der Waals surface area contributed by atoms with Crippen molar-refractivity contribution in [3.8, 4) is 5.88 Å². The van der Waals surface area contributed by atoms with Gasteiger partial charge >= 0.3 is 18.1 Å². The fraction of sp³-hybridized carbons (Fsp3) is 0.312. The van der Waals surface area contributed by atoms with Gasteiger partial charge in [-0.3, -0.25) is 4.79 Å². The third-order valence-corrected chi connectivity index (χ3v) is 2.59. The molecule has 166 valence electrons. The van der Waals surface area contributed by atoms with E-state index in [-0.39, 0.29) is 24.7 Å². The molecule has 0 aromatic carbocycles. The number of nitrogens with zero attached hydrogens (tertiary/aromatic N) is 2. The Morgan fingerprint density at radius 3 is 2.27 bits per heavy atom. The van der Waals surface area contributed by atoms with Crippen LogP contribution in [0.4, 0.5) is 19.0 Å². The van der Waals surface area contributed by atoms with Gasteiger partial charge in [0.2, 0.25) is 11.8 Å². The van der Waals surface area contributed by atoms with Crippen LogP contribution in [0.25, 0.3) is 0 Å². The lowest BCUT2D eigenvalue weighted by molar-refractivity contribution is -0.134. The van der Waals surface area contributed by atoms with Crippen molar-refractivity contribution in [3.63, 3.8) is 0 Å². The topological polar surface area (TPSA) is 190 Å². The first-order chi connectivity index (χ1) is 13.9. The van der Waals surface area contributed by atoms with Crippen LogP contribution in [0.3, 0.4) is 0 Å². The normalized spacial score (nSPS) is 11.4. The Bertz CT molecular complexity index is 767. The summed E-state index contributed by atoms with van der Waals surface area (Å²) in [7, 11) is 0. The predicted molar refractivity (Wildman–Crippen MR) is 98.7 cm³/mol. The molecule has 0 spiro atoms. The second-order valence-electron chi connectivity index (χ2n) is 5.23. The van der Waals surface area contributed by atoms with Crippen molar-refractivity contribution in [3.05, 3.63) is 30.4 Å². The van der Waals surface area contributed by atoms with E-state index in [2.05, 4.69) is 15.3 Å². The molecule has 7 N–H and O–H groups in total. The first kappa shape index (κ1) is 26.2. The Labute approximate surface area is 168 Å². The minimum absolute atomic E-state index is 0.189. The Morgan fingerprint density at radius 2 is 1.77 bits per heavy atom. The van der Waals surface area contributed by atoms with E-state index in [0.29, 0.717) is 18.6 Å². The van der Waals surface area contributed by atoms with Crippen LogP contribution in [0.15, 0.2) is 35.3 Å². The maximum atomic E-state index is 12.0. The number of halogens is 3. The summed E-state index contributed by atoms with van der Waals surface area (Å²) < 4.78 is 41.2. The van der Waals surface area contributed by atoms with E-state index in [9.17, 15) is 27.6 Å². The first-order valence-electron chi connectivity index (χ1n) is 8.05. The number of carboxylic acid groups (broad SMARTS) is 2. The van der Waals surface area contributed by atoms with Crippen molar-refractivity contribution in [2.24, 2.45) is 16.5 Å². The first-order valence-corrected chi connectivity index (χ1v) is 8.05. The second kappa shape index (κ2) is 13.4. The smallest absolute Gasteiger partial charge is 0.408 e. The summed E-state index contributed by atoms with van der Waals surface area (Å²) in [6.45, 7) is -1.15. The molecular formula is C16H20F3N5O6. The third-order valence-electron chi connectivity index (χ3n) is 2.59. The molecule has 0 radical (unpaired) electrons. The van der Waals surface area contributed by atoms with E-state index in [1.807, 2.05) is 0 Å². The Balaban J connectivity index is 0.000000890. The quantitative estimate of drug-likeness (QED) is 0.161. The van der Waals surface area contributed by atoms with Gasteiger partial charge in [-0.15, -0.1) is 0 Å². The molecular weight excluding hydrogens is 415 g/mol. The number of hydrogen-bond acceptors (Lipinski definition) is 6. The molecule has 0 unspecified atom stereocenters. The fourth-order valence-corrected chi connectivity index (χ4v) is 1.48. The van der Waals surface area contributed by atoms with E-state index in [0.717, 1.165) is 0 Å². The summed E-state index contributed by atoms with van der Waals surface area (Å²) in [5.74, 6) is -2.93. The minimum Gasteiger partial charge on any atom is -0.478 e. The van der Waals surface area contributed by atoms with Crippen molar-refractivity contribution < 1.29 is 42.5 Å². The van der Waals surface area contributed by atoms with Crippen LogP contribution in [0.5, 0.6) is 5.88 Å². The molecule has 30 heavy (non-hydrogen) atoms. The number of aliphatic imine (C=N–C) groups is 1. The number of amides is 1. The SMILES string of the molecule is NC(=O)CCCOc1cccc(NC(N)=NCC(F)(F)F)n1.O=C(O)/C=C\C(=O)O. The highest BCUT2D eigenvalue weighted by Crippen LogP contribution is 2.15. The number of guanidine groups is 1. The summed E-state index contributed by atoms with van der Waals surface area (Å²) >= 11 is 0. The summed E-state index contributed by atoms with van der Waals surface area (Å²) in [5.41, 5.74) is 10.3. The van der Waals surface area contributed by atoms with Gasteiger partial charge in [0, 0.05) is 24.6 Å². The number of carbonyl (C=O) groups is 3. The number of rotatable bonds is 9. The van der Waals surface area contributed by atoms with Crippen molar-refractivity contribution in [2.45, 2.75) is 19.0 Å². The molecule has 0 aliphatic heterocycles. The molecule has 0 fully saturated rings. The molecule has 1 rings (SSSR count). The summed E-state index contributed by atoms with van der Waals surface area (Å²) in [6.07, 6.45) is -2.69. The number of alkyl halides is 3. The minimum atomic E-state index is -4.43. The molecule has 1 heterocycles. The number of aliphatic carboxylic acids is 2. The van der Waals surface area contributed by atoms with Crippen molar-refractivity contribution in [1.82, 2.24) is 4.98 Å². The molecule has 1 aromatic heterocycles. The molecule has 0 aliphatic carbocycles. The second-order valence-corrected chi connectivity index (χ2v) is 5.23. The maximum absolute atomic E-state index is 12.0. The third kappa shape index (κ3) is 16.3. The number of nitrogens with one attached hydrogen (secondary N) is 1. The summed E-state index contributed by atoms with van der Waals surface area (Å²) in [6, 6.07) is 4.63. The number of ether oxygens (including phenoxy) is 1. The molecule has 1 aromatic rings. The lowest BCUT2D eigenvalue weighted by atomic mass is 10.3. The molecule has 0 aliphatic rings. The van der Waals surface area contributed by atoms with Crippen LogP contribution in [0.2, 0.25) is 0 Å². The van der Waals surface area contributed by atoms with Gasteiger partial charge in [0.25, 0.3) is 0 Å². The zero-order chi connectivity index (χ0) is 23.2. The van der Waals surface area contributed by atoms with Crippen LogP contribution in [0, 0.1) is 0 Å². The van der Waals surface area contributed by atoms with Crippen LogP contribution < -0.4 is 21.5 Å². The van der Waals surface area contributed by atoms with Gasteiger partial charge in [0.1, 0.15) is 12.4 Å². The number of carboxylic acids is 2. The van der Waals surface area contributed by atoms with Crippen molar-refractivity contribution in [2.75, 3.05) is 18.5 Å². The Hall–Kier alpha value is -3.84. The standard InChI is InChI=1S/C12H16F3N5O2.C4H4O4/c13-12(14,15)7-18-11(17)20-9-4-1-5-10(19-9)22-6-2-3-8(16)21;5-3(6)1-2-4(7)8/h1,4-5H,2-3,6-7H2,(H2,16,21)(H3,17,18,19,20);1-2H,(H,5,6)(H,7,8)/b;2-1-. The largest absolute Gasteiger partial charge is 0.478 e. The number of primary amides is 1. The van der Waals surface area contributed by atoms with Crippen molar-refractivity contribution >= 4 is 29.6 Å². The zero-order valence-electron chi connectivity index (χ0n) is 15.4. The highest BCUT2D eigenvalue weighted by Gasteiger charge is 2.26. The fourth-order valence-electron chi connectivity index (χ4n) is 1.48. The van der Waals surface area contributed by atoms with Crippen LogP contribution in [-0.2, 0) is 14.4 Å². The lowest BCUT2D eigenvalue weighted by Gasteiger charge is -2.08. The maximum Gasteiger partial charge on any atom is 0.408 e. The van der Waals surface area contributed by atoms with Crippen LogP contribution in [-0.4, -0.2) is 58.3 Å². The zero-order valence-corrected chi connectivity index (χ0v) is 15.4. The Morgan fingerprint density at radius 1 is 1.17 bits per heavy atom. The van der Waals surface area contributed by atoms with Gasteiger partial charge in [-0.1, -0.05) is 6.07 Å². The summed E-state index contributed by atoms with van der Waals surface area (Å²) in [4.78, 5) is 36.8. The van der Waals surface area contributed by atoms with Crippen LogP contribution in [0.1, 0.15) is 12.8 Å². The van der Waals surface area contributed by atoms with Gasteiger partial charge in [0.15, 0.2) is 5.96 Å². The average molecular weight is 435 g/mol. The van der Waals surface area contributed by atoms with Crippen molar-refractivity contribution in [1.29, 1.82) is 0 Å². The molecule has 0 saturated heterocycles. The summed E-state index contributed by atoms with van der Waals surface area (Å²) in [5, 5.41) is 18.1. The molecule has 0 saturated carbocycles. The average Bonchev–Trinajstić information content (AvgIpc) is 2.62.